The van der Waals surface area contributed by atoms with Crippen LogP contribution in [0.1, 0.15) is 25.7 Å². The second kappa shape index (κ2) is 7.87. The summed E-state index contributed by atoms with van der Waals surface area (Å²) >= 11 is 0. The van der Waals surface area contributed by atoms with Crippen LogP contribution in [0.25, 0.3) is 0 Å². The summed E-state index contributed by atoms with van der Waals surface area (Å²) < 4.78 is 5.32. The summed E-state index contributed by atoms with van der Waals surface area (Å²) in [4.78, 5) is 10.4. The van der Waals surface area contributed by atoms with E-state index in [0.717, 1.165) is 0 Å². The fourth-order valence-electron chi connectivity index (χ4n) is 2.31. The highest BCUT2D eigenvalue weighted by atomic mass is 16.5. The van der Waals surface area contributed by atoms with E-state index in [9.17, 15) is 20.1 Å². The Balaban J connectivity index is 2.46. The van der Waals surface area contributed by atoms with Gasteiger partial charge in [0.15, 0.2) is 0 Å². The van der Waals surface area contributed by atoms with Crippen molar-refractivity contribution in [2.45, 2.75) is 62.2 Å². The third-order valence-corrected chi connectivity index (χ3v) is 3.49. The first-order valence-electron chi connectivity index (χ1n) is 6.64. The SMILES string of the molecule is NC(CCCC(=O)O)C[C@H]1O[C@H](CO)[C@H](O)[C@H](O)[C@H]1O. The van der Waals surface area contributed by atoms with Gasteiger partial charge in [-0.1, -0.05) is 0 Å². The molecule has 0 aromatic rings. The molecule has 118 valence electrons. The molecule has 0 amide bonds. The number of aliphatic hydroxyl groups is 4. The molecular weight excluding hydrogens is 270 g/mol. The molecule has 1 aliphatic rings. The van der Waals surface area contributed by atoms with Crippen molar-refractivity contribution in [2.75, 3.05) is 6.61 Å². The van der Waals surface area contributed by atoms with E-state index >= 15 is 0 Å². The second-order valence-corrected chi connectivity index (χ2v) is 5.15. The van der Waals surface area contributed by atoms with Crippen molar-refractivity contribution in [3.05, 3.63) is 0 Å². The molecule has 0 bridgehead atoms. The van der Waals surface area contributed by atoms with E-state index in [2.05, 4.69) is 0 Å². The van der Waals surface area contributed by atoms with Gasteiger partial charge >= 0.3 is 5.97 Å². The molecule has 0 aromatic heterocycles. The third-order valence-electron chi connectivity index (χ3n) is 3.49. The van der Waals surface area contributed by atoms with E-state index in [1.54, 1.807) is 0 Å². The summed E-state index contributed by atoms with van der Waals surface area (Å²) in [6, 6.07) is -0.393. The van der Waals surface area contributed by atoms with Crippen LogP contribution >= 0.6 is 0 Å². The average molecular weight is 293 g/mol. The van der Waals surface area contributed by atoms with E-state index in [-0.39, 0.29) is 12.8 Å². The fourth-order valence-corrected chi connectivity index (χ4v) is 2.31. The first-order chi connectivity index (χ1) is 9.36. The lowest BCUT2D eigenvalue weighted by molar-refractivity contribution is -0.231. The first-order valence-corrected chi connectivity index (χ1v) is 6.64. The van der Waals surface area contributed by atoms with E-state index in [0.29, 0.717) is 12.8 Å². The zero-order valence-corrected chi connectivity index (χ0v) is 11.1. The number of hydrogen-bond donors (Lipinski definition) is 6. The molecule has 1 aliphatic heterocycles. The summed E-state index contributed by atoms with van der Waals surface area (Å²) in [6.07, 6.45) is -4.74. The zero-order valence-electron chi connectivity index (χ0n) is 11.1. The van der Waals surface area contributed by atoms with Crippen LogP contribution in [-0.2, 0) is 9.53 Å². The van der Waals surface area contributed by atoms with Crippen molar-refractivity contribution in [1.29, 1.82) is 0 Å². The molecule has 1 heterocycles. The van der Waals surface area contributed by atoms with Crippen molar-refractivity contribution < 1.29 is 35.1 Å². The van der Waals surface area contributed by atoms with Gasteiger partial charge in [-0.3, -0.25) is 4.79 Å². The van der Waals surface area contributed by atoms with Gasteiger partial charge in [-0.2, -0.15) is 0 Å². The number of carbonyl (C=O) groups is 1. The van der Waals surface area contributed by atoms with Crippen molar-refractivity contribution in [3.63, 3.8) is 0 Å². The molecule has 0 aliphatic carbocycles. The lowest BCUT2D eigenvalue weighted by atomic mass is 9.91. The van der Waals surface area contributed by atoms with Crippen molar-refractivity contribution in [1.82, 2.24) is 0 Å². The van der Waals surface area contributed by atoms with Gasteiger partial charge in [0, 0.05) is 12.5 Å². The summed E-state index contributed by atoms with van der Waals surface area (Å²) in [6.45, 7) is -0.476. The number of nitrogens with two attached hydrogens (primary N) is 1. The molecule has 8 heteroatoms. The molecule has 1 rings (SSSR count). The second-order valence-electron chi connectivity index (χ2n) is 5.15. The van der Waals surface area contributed by atoms with E-state index in [1.807, 2.05) is 0 Å². The number of carboxylic acids is 1. The van der Waals surface area contributed by atoms with Crippen LogP contribution in [0.3, 0.4) is 0 Å². The van der Waals surface area contributed by atoms with E-state index in [4.69, 9.17) is 20.7 Å². The summed E-state index contributed by atoms with van der Waals surface area (Å²) in [5, 5.41) is 46.6. The van der Waals surface area contributed by atoms with Gasteiger partial charge in [-0.05, 0) is 19.3 Å². The maximum absolute atomic E-state index is 10.4. The highest BCUT2D eigenvalue weighted by Gasteiger charge is 2.43. The number of aliphatic hydroxyl groups excluding tert-OH is 4. The lowest BCUT2D eigenvalue weighted by Crippen LogP contribution is -2.59. The number of carboxylic acid groups (broad SMARTS) is 1. The molecule has 0 saturated carbocycles. The Labute approximate surface area is 116 Å². The van der Waals surface area contributed by atoms with Gasteiger partial charge in [-0.15, -0.1) is 0 Å². The van der Waals surface area contributed by atoms with Crippen LogP contribution < -0.4 is 5.73 Å². The summed E-state index contributed by atoms with van der Waals surface area (Å²) in [5.41, 5.74) is 5.83. The Morgan fingerprint density at radius 3 is 2.30 bits per heavy atom. The molecule has 8 nitrogen and oxygen atoms in total. The third kappa shape index (κ3) is 4.65. The molecule has 1 unspecified atom stereocenters. The maximum Gasteiger partial charge on any atom is 0.303 e. The molecule has 20 heavy (non-hydrogen) atoms. The Morgan fingerprint density at radius 1 is 1.15 bits per heavy atom. The predicted octanol–water partition coefficient (Wildman–Crippen LogP) is -2.20. The van der Waals surface area contributed by atoms with E-state index < -0.39 is 49.1 Å². The van der Waals surface area contributed by atoms with Gasteiger partial charge in [0.05, 0.1) is 12.7 Å². The Bertz CT molecular complexity index is 312. The molecule has 1 fully saturated rings. The molecule has 6 atom stereocenters. The molecule has 0 radical (unpaired) electrons. The zero-order chi connectivity index (χ0) is 15.3. The minimum absolute atomic E-state index is 0.0163. The Hall–Kier alpha value is -0.770. The van der Waals surface area contributed by atoms with Crippen LogP contribution in [0.4, 0.5) is 0 Å². The van der Waals surface area contributed by atoms with Gasteiger partial charge in [0.25, 0.3) is 0 Å². The average Bonchev–Trinajstić information content (AvgIpc) is 2.39. The Morgan fingerprint density at radius 2 is 1.75 bits per heavy atom. The fraction of sp³-hybridized carbons (Fsp3) is 0.917. The minimum Gasteiger partial charge on any atom is -0.481 e. The largest absolute Gasteiger partial charge is 0.481 e. The van der Waals surface area contributed by atoms with Crippen molar-refractivity contribution in [3.8, 4) is 0 Å². The van der Waals surface area contributed by atoms with Gasteiger partial charge in [0.2, 0.25) is 0 Å². The number of rotatable bonds is 7. The minimum atomic E-state index is -1.41. The molecule has 7 N–H and O–H groups in total. The number of ether oxygens (including phenoxy) is 1. The van der Waals surface area contributed by atoms with Gasteiger partial charge in [-0.25, -0.2) is 0 Å². The standard InChI is InChI=1S/C12H23NO7/c13-6(2-1-3-9(15)16)4-7-10(17)12(19)11(18)8(5-14)20-7/h6-8,10-12,14,17-19H,1-5,13H2,(H,15,16)/t6?,7-,8-,10+,11+,12-/m1/s1. The summed E-state index contributed by atoms with van der Waals surface area (Å²) in [7, 11) is 0. The monoisotopic (exact) mass is 293 g/mol. The smallest absolute Gasteiger partial charge is 0.303 e. The van der Waals surface area contributed by atoms with Crippen LogP contribution in [0, 0.1) is 0 Å². The van der Waals surface area contributed by atoms with Crippen LogP contribution in [0.5, 0.6) is 0 Å². The lowest BCUT2D eigenvalue weighted by Gasteiger charge is -2.40. The molecular formula is C12H23NO7. The Kier molecular flexibility index (Phi) is 6.80. The molecule has 1 saturated heterocycles. The molecule has 0 spiro atoms. The quantitative estimate of drug-likeness (QED) is 0.309. The molecule has 0 aromatic carbocycles. The maximum atomic E-state index is 10.4. The topological polar surface area (TPSA) is 153 Å². The number of hydrogen-bond acceptors (Lipinski definition) is 7. The van der Waals surface area contributed by atoms with Crippen LogP contribution in [-0.4, -0.2) is 74.7 Å². The van der Waals surface area contributed by atoms with E-state index in [1.165, 1.54) is 0 Å². The van der Waals surface area contributed by atoms with Crippen LogP contribution in [0.15, 0.2) is 0 Å². The van der Waals surface area contributed by atoms with Crippen molar-refractivity contribution in [2.24, 2.45) is 5.73 Å². The number of aliphatic carboxylic acids is 1. The normalized spacial score (nSPS) is 35.8. The van der Waals surface area contributed by atoms with Crippen LogP contribution in [0.2, 0.25) is 0 Å². The predicted molar refractivity (Wildman–Crippen MR) is 67.8 cm³/mol. The van der Waals surface area contributed by atoms with Gasteiger partial charge < -0.3 is 36.0 Å². The first kappa shape index (κ1) is 17.3. The van der Waals surface area contributed by atoms with Gasteiger partial charge in [0.1, 0.15) is 24.4 Å². The highest BCUT2D eigenvalue weighted by Crippen LogP contribution is 2.24. The summed E-state index contributed by atoms with van der Waals surface area (Å²) in [5.74, 6) is -0.898. The highest BCUT2D eigenvalue weighted by molar-refractivity contribution is 5.66. The van der Waals surface area contributed by atoms with Crippen molar-refractivity contribution >= 4 is 5.97 Å².